The number of nitrogens with one attached hydrogen (secondary N) is 2. The Balaban J connectivity index is 1.97. The molecule has 1 aliphatic rings. The quantitative estimate of drug-likeness (QED) is 0.803. The summed E-state index contributed by atoms with van der Waals surface area (Å²) < 4.78 is 5.18. The Labute approximate surface area is 151 Å². The number of nitrogens with zero attached hydrogens (tertiary/aromatic N) is 1. The van der Waals surface area contributed by atoms with Crippen LogP contribution in [0.4, 0.5) is 0 Å². The molecular formula is C17H22ClN3O4. The fourth-order valence-corrected chi connectivity index (χ4v) is 2.54. The molecule has 0 aliphatic carbocycles. The zero-order valence-electron chi connectivity index (χ0n) is 14.6. The van der Waals surface area contributed by atoms with Crippen LogP contribution in [0.3, 0.4) is 0 Å². The molecule has 2 rings (SSSR count). The smallest absolute Gasteiger partial charge is 0.264 e. The molecule has 2 unspecified atom stereocenters. The third kappa shape index (κ3) is 4.85. The molecule has 1 aromatic rings. The minimum Gasteiger partial charge on any atom is -0.497 e. The molecule has 1 heterocycles. The van der Waals surface area contributed by atoms with E-state index in [1.54, 1.807) is 32.2 Å². The Morgan fingerprint density at radius 1 is 1.32 bits per heavy atom. The molecule has 0 spiro atoms. The van der Waals surface area contributed by atoms with E-state index in [2.05, 4.69) is 15.8 Å². The highest BCUT2D eigenvalue weighted by Crippen LogP contribution is 2.27. The monoisotopic (exact) mass is 367 g/mol. The number of amides is 2. The first-order valence-corrected chi connectivity index (χ1v) is 8.37. The number of carbonyl (C=O) groups excluding carboxylic acids is 2. The maximum Gasteiger partial charge on any atom is 0.264 e. The molecule has 0 saturated heterocycles. The number of rotatable bonds is 6. The van der Waals surface area contributed by atoms with E-state index < -0.39 is 18.1 Å². The molecule has 0 saturated carbocycles. The van der Waals surface area contributed by atoms with Crippen molar-refractivity contribution in [2.24, 2.45) is 5.16 Å². The highest BCUT2D eigenvalue weighted by atomic mass is 35.5. The van der Waals surface area contributed by atoms with Crippen LogP contribution in [0.2, 0.25) is 5.02 Å². The predicted molar refractivity (Wildman–Crippen MR) is 94.9 cm³/mol. The summed E-state index contributed by atoms with van der Waals surface area (Å²) in [6.45, 7) is 5.32. The lowest BCUT2D eigenvalue weighted by Gasteiger charge is -2.17. The lowest BCUT2D eigenvalue weighted by molar-refractivity contribution is -0.135. The Hall–Kier alpha value is -2.28. The van der Waals surface area contributed by atoms with Crippen molar-refractivity contribution in [2.45, 2.75) is 45.4 Å². The molecule has 2 amide bonds. The molecule has 1 aliphatic heterocycles. The largest absolute Gasteiger partial charge is 0.497 e. The normalized spacial score (nSPS) is 17.5. The van der Waals surface area contributed by atoms with Crippen molar-refractivity contribution in [1.29, 1.82) is 0 Å². The molecule has 8 heteroatoms. The van der Waals surface area contributed by atoms with Crippen molar-refractivity contribution in [3.05, 3.63) is 28.8 Å². The second-order valence-electron chi connectivity index (χ2n) is 6.08. The van der Waals surface area contributed by atoms with E-state index in [9.17, 15) is 9.59 Å². The summed E-state index contributed by atoms with van der Waals surface area (Å²) in [5.74, 6) is -0.0171. The van der Waals surface area contributed by atoms with Gasteiger partial charge in [-0.1, -0.05) is 16.8 Å². The highest BCUT2D eigenvalue weighted by Gasteiger charge is 2.31. The van der Waals surface area contributed by atoms with Crippen LogP contribution in [0, 0.1) is 0 Å². The van der Waals surface area contributed by atoms with E-state index in [1.807, 2.05) is 13.8 Å². The lowest BCUT2D eigenvalue weighted by atomic mass is 10.0. The molecule has 0 fully saturated rings. The first-order chi connectivity index (χ1) is 11.8. The van der Waals surface area contributed by atoms with Crippen molar-refractivity contribution in [2.75, 3.05) is 7.11 Å². The molecule has 2 atom stereocenters. The Kier molecular flexibility index (Phi) is 6.25. The van der Waals surface area contributed by atoms with Gasteiger partial charge in [-0.2, -0.15) is 0 Å². The number of carbonyl (C=O) groups is 2. The van der Waals surface area contributed by atoms with Crippen LogP contribution in [0.15, 0.2) is 23.4 Å². The number of hydrogen-bond donors (Lipinski definition) is 2. The number of benzene rings is 1. The zero-order chi connectivity index (χ0) is 18.6. The maximum absolute atomic E-state index is 12.3. The van der Waals surface area contributed by atoms with Crippen LogP contribution in [-0.4, -0.2) is 42.8 Å². The van der Waals surface area contributed by atoms with E-state index in [1.165, 1.54) is 0 Å². The van der Waals surface area contributed by atoms with Gasteiger partial charge in [0, 0.05) is 18.0 Å². The third-order valence-electron chi connectivity index (χ3n) is 3.63. The standard InChI is InChI=1S/C17H22ClN3O4/c1-9(2)19-16(22)10(3)20-17(23)15-8-14(21-25-15)12-7-11(24-4)5-6-13(12)18/h5-7,9-10,15H,8H2,1-4H3,(H,19,22)(H,20,23). The van der Waals surface area contributed by atoms with Gasteiger partial charge in [-0.05, 0) is 39.0 Å². The fraction of sp³-hybridized carbons (Fsp3) is 0.471. The van der Waals surface area contributed by atoms with Gasteiger partial charge in [-0.15, -0.1) is 0 Å². The summed E-state index contributed by atoms with van der Waals surface area (Å²) in [5.41, 5.74) is 1.21. The van der Waals surface area contributed by atoms with Crippen LogP contribution in [-0.2, 0) is 14.4 Å². The topological polar surface area (TPSA) is 89.0 Å². The number of ether oxygens (including phenoxy) is 1. The van der Waals surface area contributed by atoms with E-state index in [-0.39, 0.29) is 18.4 Å². The fourth-order valence-electron chi connectivity index (χ4n) is 2.31. The summed E-state index contributed by atoms with van der Waals surface area (Å²) >= 11 is 6.19. The molecule has 0 aromatic heterocycles. The average Bonchev–Trinajstić information content (AvgIpc) is 3.04. The molecule has 2 N–H and O–H groups in total. The SMILES string of the molecule is COc1ccc(Cl)c(C2=NOC(C(=O)NC(C)C(=O)NC(C)C)C2)c1. The van der Waals surface area contributed by atoms with Gasteiger partial charge >= 0.3 is 0 Å². The van der Waals surface area contributed by atoms with Crippen molar-refractivity contribution in [3.8, 4) is 5.75 Å². The number of halogens is 1. The summed E-state index contributed by atoms with van der Waals surface area (Å²) in [6, 6.07) is 4.51. The molecule has 136 valence electrons. The van der Waals surface area contributed by atoms with Gasteiger partial charge in [-0.25, -0.2) is 0 Å². The first kappa shape index (κ1) is 19.1. The molecule has 1 aromatic carbocycles. The van der Waals surface area contributed by atoms with E-state index in [0.717, 1.165) is 0 Å². The summed E-state index contributed by atoms with van der Waals surface area (Å²) in [5, 5.41) is 9.82. The second-order valence-corrected chi connectivity index (χ2v) is 6.48. The number of hydrogen-bond acceptors (Lipinski definition) is 5. The second kappa shape index (κ2) is 8.20. The van der Waals surface area contributed by atoms with Gasteiger partial charge in [0.15, 0.2) is 0 Å². The van der Waals surface area contributed by atoms with Crippen molar-refractivity contribution in [3.63, 3.8) is 0 Å². The van der Waals surface area contributed by atoms with Gasteiger partial charge < -0.3 is 20.2 Å². The van der Waals surface area contributed by atoms with Gasteiger partial charge in [0.25, 0.3) is 5.91 Å². The van der Waals surface area contributed by atoms with Crippen molar-refractivity contribution < 1.29 is 19.2 Å². The van der Waals surface area contributed by atoms with Crippen molar-refractivity contribution in [1.82, 2.24) is 10.6 Å². The van der Waals surface area contributed by atoms with Gasteiger partial charge in [0.1, 0.15) is 11.8 Å². The lowest BCUT2D eigenvalue weighted by Crippen LogP contribution is -2.49. The van der Waals surface area contributed by atoms with E-state index >= 15 is 0 Å². The van der Waals surface area contributed by atoms with E-state index in [0.29, 0.717) is 22.0 Å². The zero-order valence-corrected chi connectivity index (χ0v) is 15.4. The summed E-state index contributed by atoms with van der Waals surface area (Å²) in [7, 11) is 1.56. The van der Waals surface area contributed by atoms with Crippen LogP contribution in [0.1, 0.15) is 32.8 Å². The number of methoxy groups -OCH3 is 1. The maximum atomic E-state index is 12.3. The van der Waals surface area contributed by atoms with Gasteiger partial charge in [0.2, 0.25) is 12.0 Å². The van der Waals surface area contributed by atoms with Crippen LogP contribution < -0.4 is 15.4 Å². The Morgan fingerprint density at radius 2 is 2.04 bits per heavy atom. The van der Waals surface area contributed by atoms with Gasteiger partial charge in [0.05, 0.1) is 17.8 Å². The molecule has 25 heavy (non-hydrogen) atoms. The van der Waals surface area contributed by atoms with Crippen LogP contribution >= 0.6 is 11.6 Å². The molecular weight excluding hydrogens is 346 g/mol. The minimum absolute atomic E-state index is 0.000258. The molecule has 7 nitrogen and oxygen atoms in total. The Morgan fingerprint density at radius 3 is 2.68 bits per heavy atom. The summed E-state index contributed by atoms with van der Waals surface area (Å²) in [6.07, 6.45) is -0.538. The molecule has 0 radical (unpaired) electrons. The highest BCUT2D eigenvalue weighted by molar-refractivity contribution is 6.34. The van der Waals surface area contributed by atoms with Crippen molar-refractivity contribution >= 4 is 29.1 Å². The van der Waals surface area contributed by atoms with E-state index in [4.69, 9.17) is 21.2 Å². The average molecular weight is 368 g/mol. The molecule has 0 bridgehead atoms. The summed E-state index contributed by atoms with van der Waals surface area (Å²) in [4.78, 5) is 29.4. The van der Waals surface area contributed by atoms with Crippen LogP contribution in [0.25, 0.3) is 0 Å². The number of oxime groups is 1. The first-order valence-electron chi connectivity index (χ1n) is 7.99. The van der Waals surface area contributed by atoms with Crippen LogP contribution in [0.5, 0.6) is 5.75 Å². The minimum atomic E-state index is -0.799. The Bertz CT molecular complexity index is 690. The van der Waals surface area contributed by atoms with Gasteiger partial charge in [-0.3, -0.25) is 9.59 Å². The predicted octanol–water partition coefficient (Wildman–Crippen LogP) is 1.87. The third-order valence-corrected chi connectivity index (χ3v) is 3.96.